The van der Waals surface area contributed by atoms with Gasteiger partial charge in [0.15, 0.2) is 5.82 Å². The lowest BCUT2D eigenvalue weighted by molar-refractivity contribution is 0.778. The lowest BCUT2D eigenvalue weighted by atomic mass is 10.2. The summed E-state index contributed by atoms with van der Waals surface area (Å²) >= 11 is 3.59. The number of hydrogen-bond acceptors (Lipinski definition) is 4. The fourth-order valence-electron chi connectivity index (χ4n) is 2.60. The summed E-state index contributed by atoms with van der Waals surface area (Å²) in [4.78, 5) is 18.4. The zero-order valence-corrected chi connectivity index (χ0v) is 13.4. The van der Waals surface area contributed by atoms with E-state index in [-0.39, 0.29) is 11.6 Å². The highest BCUT2D eigenvalue weighted by Gasteiger charge is 2.24. The predicted octanol–water partition coefficient (Wildman–Crippen LogP) is 2.23. The van der Waals surface area contributed by atoms with Crippen molar-refractivity contribution in [2.45, 2.75) is 12.5 Å². The van der Waals surface area contributed by atoms with Gasteiger partial charge in [0.2, 0.25) is 0 Å². The van der Waals surface area contributed by atoms with E-state index >= 15 is 0 Å². The van der Waals surface area contributed by atoms with Crippen molar-refractivity contribution in [2.24, 2.45) is 7.05 Å². The van der Waals surface area contributed by atoms with Crippen LogP contribution < -0.4 is 15.8 Å². The van der Waals surface area contributed by atoms with Gasteiger partial charge in [-0.2, -0.15) is 0 Å². The topological polar surface area (TPSA) is 50.2 Å². The molecular weight excluding hydrogens is 332 g/mol. The number of hydrogen-bond donors (Lipinski definition) is 1. The summed E-state index contributed by atoms with van der Waals surface area (Å²) in [7, 11) is 1.73. The molecule has 1 aliphatic rings. The van der Waals surface area contributed by atoms with E-state index in [1.807, 2.05) is 18.2 Å². The van der Waals surface area contributed by atoms with Gasteiger partial charge in [0.1, 0.15) is 0 Å². The van der Waals surface area contributed by atoms with Crippen LogP contribution >= 0.6 is 15.9 Å². The van der Waals surface area contributed by atoms with E-state index in [9.17, 15) is 4.79 Å². The van der Waals surface area contributed by atoms with Crippen molar-refractivity contribution in [1.82, 2.24) is 9.55 Å². The first-order valence-corrected chi connectivity index (χ1v) is 7.72. The Hall–Kier alpha value is -1.82. The minimum absolute atomic E-state index is 0.0863. The fourth-order valence-corrected chi connectivity index (χ4v) is 3.13. The van der Waals surface area contributed by atoms with Crippen LogP contribution in [-0.4, -0.2) is 28.7 Å². The first-order chi connectivity index (χ1) is 10.1. The van der Waals surface area contributed by atoms with Gasteiger partial charge in [0.25, 0.3) is 5.56 Å². The number of benzene rings is 1. The molecule has 0 bridgehead atoms. The van der Waals surface area contributed by atoms with Crippen molar-refractivity contribution in [1.29, 1.82) is 0 Å². The maximum Gasteiger partial charge on any atom is 0.293 e. The van der Waals surface area contributed by atoms with Crippen LogP contribution in [0.4, 0.5) is 11.5 Å². The van der Waals surface area contributed by atoms with E-state index in [0.29, 0.717) is 5.82 Å². The molecule has 110 valence electrons. The van der Waals surface area contributed by atoms with E-state index in [1.54, 1.807) is 19.4 Å². The highest BCUT2D eigenvalue weighted by Crippen LogP contribution is 2.29. The molecule has 0 saturated carbocycles. The number of nitrogens with zero attached hydrogens (tertiary/aromatic N) is 3. The van der Waals surface area contributed by atoms with Gasteiger partial charge >= 0.3 is 0 Å². The van der Waals surface area contributed by atoms with Crippen LogP contribution in [-0.2, 0) is 7.05 Å². The Labute approximate surface area is 131 Å². The molecule has 2 heterocycles. The first kappa shape index (κ1) is 14.1. The van der Waals surface area contributed by atoms with Gasteiger partial charge in [-0.3, -0.25) is 4.79 Å². The van der Waals surface area contributed by atoms with Gasteiger partial charge in [-0.25, -0.2) is 4.98 Å². The van der Waals surface area contributed by atoms with Crippen molar-refractivity contribution in [3.8, 4) is 0 Å². The largest absolute Gasteiger partial charge is 0.368 e. The SMILES string of the molecule is Cn1ccnc(N[C@H]2CCN(c3ccccc3Br)C2)c1=O. The third-order valence-corrected chi connectivity index (χ3v) is 4.41. The molecule has 1 aromatic carbocycles. The number of nitrogens with one attached hydrogen (secondary N) is 1. The monoisotopic (exact) mass is 348 g/mol. The number of halogens is 1. The fraction of sp³-hybridized carbons (Fsp3) is 0.333. The number of aromatic nitrogens is 2. The normalized spacial score (nSPS) is 18.0. The van der Waals surface area contributed by atoms with Crippen molar-refractivity contribution in [3.63, 3.8) is 0 Å². The highest BCUT2D eigenvalue weighted by atomic mass is 79.9. The Bertz CT molecular complexity index is 700. The zero-order chi connectivity index (χ0) is 14.8. The second kappa shape index (κ2) is 5.89. The van der Waals surface area contributed by atoms with Crippen LogP contribution in [0.3, 0.4) is 0 Å². The van der Waals surface area contributed by atoms with Gasteiger partial charge in [-0.1, -0.05) is 12.1 Å². The van der Waals surface area contributed by atoms with E-state index in [4.69, 9.17) is 0 Å². The Morgan fingerprint density at radius 1 is 1.38 bits per heavy atom. The molecule has 0 spiro atoms. The van der Waals surface area contributed by atoms with E-state index in [1.165, 1.54) is 10.3 Å². The van der Waals surface area contributed by atoms with E-state index < -0.39 is 0 Å². The van der Waals surface area contributed by atoms with Crippen LogP contribution in [0.5, 0.6) is 0 Å². The summed E-state index contributed by atoms with van der Waals surface area (Å²) in [6.07, 6.45) is 4.29. The molecule has 5 nitrogen and oxygen atoms in total. The molecule has 1 fully saturated rings. The van der Waals surface area contributed by atoms with Crippen LogP contribution in [0.1, 0.15) is 6.42 Å². The minimum Gasteiger partial charge on any atom is -0.368 e. The summed E-state index contributed by atoms with van der Waals surface area (Å²) < 4.78 is 2.63. The molecule has 0 amide bonds. The van der Waals surface area contributed by atoms with E-state index in [0.717, 1.165) is 24.0 Å². The van der Waals surface area contributed by atoms with Gasteiger partial charge in [-0.05, 0) is 34.5 Å². The predicted molar refractivity (Wildman–Crippen MR) is 87.9 cm³/mol. The Balaban J connectivity index is 1.72. The quantitative estimate of drug-likeness (QED) is 0.923. The van der Waals surface area contributed by atoms with Crippen LogP contribution in [0.2, 0.25) is 0 Å². The number of anilines is 2. The van der Waals surface area contributed by atoms with Crippen molar-refractivity contribution >= 4 is 27.4 Å². The molecule has 6 heteroatoms. The van der Waals surface area contributed by atoms with Crippen molar-refractivity contribution < 1.29 is 0 Å². The van der Waals surface area contributed by atoms with Crippen LogP contribution in [0, 0.1) is 0 Å². The molecular formula is C15H17BrN4O. The molecule has 1 saturated heterocycles. The Morgan fingerprint density at radius 2 is 2.19 bits per heavy atom. The Kier molecular flexibility index (Phi) is 3.96. The summed E-state index contributed by atoms with van der Waals surface area (Å²) in [6.45, 7) is 1.83. The third kappa shape index (κ3) is 2.95. The standard InChI is InChI=1S/C15H17BrN4O/c1-19-9-7-17-14(15(19)21)18-11-6-8-20(10-11)13-5-3-2-4-12(13)16/h2-5,7,9,11H,6,8,10H2,1H3,(H,17,18)/t11-/m0/s1. The molecule has 1 aromatic heterocycles. The molecule has 2 aromatic rings. The number of aryl methyl sites for hydroxylation is 1. The second-order valence-electron chi connectivity index (χ2n) is 5.22. The Morgan fingerprint density at radius 3 is 3.00 bits per heavy atom. The molecule has 0 radical (unpaired) electrons. The van der Waals surface area contributed by atoms with Crippen molar-refractivity contribution in [3.05, 3.63) is 51.5 Å². The van der Waals surface area contributed by atoms with Crippen LogP contribution in [0.25, 0.3) is 0 Å². The number of para-hydroxylation sites is 1. The number of rotatable bonds is 3. The minimum atomic E-state index is -0.0863. The summed E-state index contributed by atoms with van der Waals surface area (Å²) in [6, 6.07) is 8.43. The molecule has 1 N–H and O–H groups in total. The highest BCUT2D eigenvalue weighted by molar-refractivity contribution is 9.10. The van der Waals surface area contributed by atoms with Gasteiger partial charge in [-0.15, -0.1) is 0 Å². The molecule has 1 atom stereocenters. The molecule has 0 unspecified atom stereocenters. The molecule has 1 aliphatic heterocycles. The molecule has 0 aliphatic carbocycles. The summed E-state index contributed by atoms with van der Waals surface area (Å²) in [5.74, 6) is 0.430. The smallest absolute Gasteiger partial charge is 0.293 e. The van der Waals surface area contributed by atoms with Crippen LogP contribution in [0.15, 0.2) is 45.9 Å². The maximum atomic E-state index is 12.0. The van der Waals surface area contributed by atoms with Gasteiger partial charge in [0, 0.05) is 43.0 Å². The average molecular weight is 349 g/mol. The third-order valence-electron chi connectivity index (χ3n) is 3.74. The molecule has 21 heavy (non-hydrogen) atoms. The lowest BCUT2D eigenvalue weighted by Crippen LogP contribution is -2.30. The second-order valence-corrected chi connectivity index (χ2v) is 6.07. The van der Waals surface area contributed by atoms with Gasteiger partial charge in [0.05, 0.1) is 5.69 Å². The van der Waals surface area contributed by atoms with Gasteiger partial charge < -0.3 is 14.8 Å². The van der Waals surface area contributed by atoms with Crippen molar-refractivity contribution in [2.75, 3.05) is 23.3 Å². The zero-order valence-electron chi connectivity index (χ0n) is 11.8. The van der Waals surface area contributed by atoms with E-state index in [2.05, 4.69) is 37.2 Å². The summed E-state index contributed by atoms with van der Waals surface area (Å²) in [5, 5.41) is 3.27. The maximum absolute atomic E-state index is 12.0. The lowest BCUT2D eigenvalue weighted by Gasteiger charge is -2.20. The first-order valence-electron chi connectivity index (χ1n) is 6.93. The average Bonchev–Trinajstić information content (AvgIpc) is 2.93. The molecule has 3 rings (SSSR count). The summed E-state index contributed by atoms with van der Waals surface area (Å²) in [5.41, 5.74) is 1.10.